The van der Waals surface area contributed by atoms with Crippen LogP contribution in [-0.4, -0.2) is 23.1 Å². The van der Waals surface area contributed by atoms with Crippen molar-refractivity contribution in [3.63, 3.8) is 0 Å². The highest BCUT2D eigenvalue weighted by Crippen LogP contribution is 2.41. The summed E-state index contributed by atoms with van der Waals surface area (Å²) in [7, 11) is 0. The van der Waals surface area contributed by atoms with Crippen LogP contribution in [0.1, 0.15) is 32.0 Å². The topological polar surface area (TPSA) is 83.5 Å². The molecule has 0 aliphatic rings. The molecule has 2 N–H and O–H groups in total. The van der Waals surface area contributed by atoms with Crippen LogP contribution in [-0.2, 0) is 6.18 Å². The van der Waals surface area contributed by atoms with Gasteiger partial charge in [0.15, 0.2) is 0 Å². The highest BCUT2D eigenvalue weighted by Gasteiger charge is 2.31. The molecule has 0 saturated carbocycles. The maximum atomic E-state index is 13.3. The number of aromatic amines is 1. The lowest BCUT2D eigenvalue weighted by Gasteiger charge is -2.10. The van der Waals surface area contributed by atoms with E-state index in [-0.39, 0.29) is 22.6 Å². The first-order chi connectivity index (χ1) is 20.0. The molecule has 0 saturated heterocycles. The van der Waals surface area contributed by atoms with Crippen molar-refractivity contribution >= 4 is 63.8 Å². The predicted octanol–water partition coefficient (Wildman–Crippen LogP) is 8.80. The lowest BCUT2D eigenvalue weighted by atomic mass is 10.0. The number of carbonyl (C=O) groups is 2. The van der Waals surface area contributed by atoms with Gasteiger partial charge in [0.2, 0.25) is 0 Å². The van der Waals surface area contributed by atoms with Crippen LogP contribution in [0.2, 0.25) is 15.1 Å². The van der Waals surface area contributed by atoms with E-state index in [9.17, 15) is 22.8 Å². The standard InChI is InChI=1S/C30H17Cl3F3N3O3/c31-19-13-22(33)26-23(14-19)38-27(25(26)20-9-2-3-10-21(20)32)28(40)39-37-15-17-6-1-4-11-24(17)42-29(41)16-7-5-8-18(12-16)30(34,35)36/h1-15,38H,(H,39,40). The van der Waals surface area contributed by atoms with E-state index in [1.165, 1.54) is 18.3 Å². The third-order valence-corrected chi connectivity index (χ3v) is 6.95. The Bertz CT molecular complexity index is 1870. The van der Waals surface area contributed by atoms with Gasteiger partial charge in [-0.3, -0.25) is 4.79 Å². The second-order valence-electron chi connectivity index (χ2n) is 8.87. The van der Waals surface area contributed by atoms with Crippen LogP contribution >= 0.6 is 34.8 Å². The summed E-state index contributed by atoms with van der Waals surface area (Å²) in [5, 5.41) is 5.59. The third-order valence-electron chi connectivity index (χ3n) is 6.10. The fourth-order valence-electron chi connectivity index (χ4n) is 4.23. The SMILES string of the molecule is O=C(Oc1ccccc1C=NNC(=O)c1[nH]c2cc(Cl)cc(Cl)c2c1-c1ccccc1Cl)c1cccc(C(F)(F)F)c1. The first-order valence-corrected chi connectivity index (χ1v) is 13.2. The first-order valence-electron chi connectivity index (χ1n) is 12.1. The number of hydrogen-bond acceptors (Lipinski definition) is 4. The van der Waals surface area contributed by atoms with Gasteiger partial charge in [-0.25, -0.2) is 10.2 Å². The average Bonchev–Trinajstić information content (AvgIpc) is 3.33. The van der Waals surface area contributed by atoms with Gasteiger partial charge in [0.25, 0.3) is 5.91 Å². The third kappa shape index (κ3) is 6.13. The lowest BCUT2D eigenvalue weighted by molar-refractivity contribution is -0.137. The van der Waals surface area contributed by atoms with E-state index in [2.05, 4.69) is 15.5 Å². The molecule has 212 valence electrons. The van der Waals surface area contributed by atoms with E-state index in [4.69, 9.17) is 39.5 Å². The molecule has 0 aliphatic heterocycles. The fourth-order valence-corrected chi connectivity index (χ4v) is 5.05. The number of nitrogens with one attached hydrogen (secondary N) is 2. The molecule has 0 spiro atoms. The normalized spacial score (nSPS) is 11.7. The number of alkyl halides is 3. The average molecular weight is 631 g/mol. The Morgan fingerprint density at radius 2 is 1.62 bits per heavy atom. The Morgan fingerprint density at radius 1 is 0.881 bits per heavy atom. The van der Waals surface area contributed by atoms with Crippen LogP contribution in [0.25, 0.3) is 22.0 Å². The molecule has 0 radical (unpaired) electrons. The highest BCUT2D eigenvalue weighted by atomic mass is 35.5. The molecular formula is C30H17Cl3F3N3O3. The summed E-state index contributed by atoms with van der Waals surface area (Å²) in [5.74, 6) is -1.62. The minimum atomic E-state index is -4.62. The molecule has 1 aromatic heterocycles. The van der Waals surface area contributed by atoms with E-state index in [0.29, 0.717) is 43.2 Å². The zero-order valence-electron chi connectivity index (χ0n) is 21.1. The Labute approximate surface area is 251 Å². The molecule has 0 atom stereocenters. The Hall–Kier alpha value is -4.31. The quantitative estimate of drug-likeness (QED) is 0.0851. The van der Waals surface area contributed by atoms with Crippen molar-refractivity contribution in [1.29, 1.82) is 0 Å². The summed E-state index contributed by atoms with van der Waals surface area (Å²) in [4.78, 5) is 29.0. The number of esters is 1. The first kappa shape index (κ1) is 29.2. The molecule has 42 heavy (non-hydrogen) atoms. The summed E-state index contributed by atoms with van der Waals surface area (Å²) in [6.45, 7) is 0. The van der Waals surface area contributed by atoms with Crippen molar-refractivity contribution in [1.82, 2.24) is 10.4 Å². The molecule has 5 aromatic rings. The van der Waals surface area contributed by atoms with Gasteiger partial charge in [0.05, 0.1) is 22.4 Å². The number of ether oxygens (including phenoxy) is 1. The molecule has 0 aliphatic carbocycles. The van der Waals surface area contributed by atoms with Crippen molar-refractivity contribution in [3.05, 3.63) is 122 Å². The van der Waals surface area contributed by atoms with Crippen molar-refractivity contribution in [2.24, 2.45) is 5.10 Å². The molecule has 0 bridgehead atoms. The largest absolute Gasteiger partial charge is 0.422 e. The number of rotatable bonds is 6. The maximum absolute atomic E-state index is 13.3. The number of amides is 1. The second-order valence-corrected chi connectivity index (χ2v) is 10.1. The molecule has 1 heterocycles. The van der Waals surface area contributed by atoms with Crippen LogP contribution in [0.4, 0.5) is 13.2 Å². The summed E-state index contributed by atoms with van der Waals surface area (Å²) in [5.41, 5.74) is 3.05. The number of para-hydroxylation sites is 1. The Kier molecular flexibility index (Phi) is 8.27. The van der Waals surface area contributed by atoms with Gasteiger partial charge in [-0.1, -0.05) is 71.2 Å². The molecule has 12 heteroatoms. The molecular weight excluding hydrogens is 614 g/mol. The van der Waals surface area contributed by atoms with E-state index < -0.39 is 23.6 Å². The van der Waals surface area contributed by atoms with E-state index in [0.717, 1.165) is 12.1 Å². The van der Waals surface area contributed by atoms with Gasteiger partial charge >= 0.3 is 12.1 Å². The Morgan fingerprint density at radius 3 is 2.38 bits per heavy atom. The van der Waals surface area contributed by atoms with E-state index in [1.807, 2.05) is 0 Å². The number of halogens is 6. The molecule has 4 aromatic carbocycles. The highest BCUT2D eigenvalue weighted by molar-refractivity contribution is 6.41. The van der Waals surface area contributed by atoms with Gasteiger partial charge in [0, 0.05) is 37.6 Å². The summed E-state index contributed by atoms with van der Waals surface area (Å²) < 4.78 is 44.5. The van der Waals surface area contributed by atoms with E-state index >= 15 is 0 Å². The van der Waals surface area contributed by atoms with Gasteiger partial charge < -0.3 is 9.72 Å². The van der Waals surface area contributed by atoms with Gasteiger partial charge in [-0.15, -0.1) is 0 Å². The van der Waals surface area contributed by atoms with Crippen LogP contribution in [0, 0.1) is 0 Å². The van der Waals surface area contributed by atoms with Gasteiger partial charge in [0.1, 0.15) is 11.4 Å². The molecule has 6 nitrogen and oxygen atoms in total. The summed E-state index contributed by atoms with van der Waals surface area (Å²) >= 11 is 19.1. The van der Waals surface area contributed by atoms with Crippen LogP contribution in [0.5, 0.6) is 5.75 Å². The van der Waals surface area contributed by atoms with Crippen LogP contribution in [0.15, 0.2) is 90.0 Å². The number of H-pyrrole nitrogens is 1. The minimum absolute atomic E-state index is 0.0155. The summed E-state index contributed by atoms with van der Waals surface area (Å²) in [6, 6.07) is 20.2. The lowest BCUT2D eigenvalue weighted by Crippen LogP contribution is -2.19. The monoisotopic (exact) mass is 629 g/mol. The molecule has 5 rings (SSSR count). The van der Waals surface area contributed by atoms with Crippen molar-refractivity contribution in [3.8, 4) is 16.9 Å². The smallest absolute Gasteiger partial charge is 0.416 e. The van der Waals surface area contributed by atoms with Gasteiger partial charge in [-0.05, 0) is 48.5 Å². The minimum Gasteiger partial charge on any atom is -0.422 e. The number of hydrazone groups is 1. The van der Waals surface area contributed by atoms with Crippen molar-refractivity contribution in [2.45, 2.75) is 6.18 Å². The molecule has 1 amide bonds. The second kappa shape index (κ2) is 11.9. The number of carbonyl (C=O) groups excluding carboxylic acids is 2. The maximum Gasteiger partial charge on any atom is 0.416 e. The number of benzene rings is 4. The number of hydrogen-bond donors (Lipinski definition) is 2. The summed E-state index contributed by atoms with van der Waals surface area (Å²) in [6.07, 6.45) is -3.39. The zero-order valence-corrected chi connectivity index (χ0v) is 23.4. The van der Waals surface area contributed by atoms with Crippen molar-refractivity contribution < 1.29 is 27.5 Å². The number of nitrogens with zero attached hydrogens (tertiary/aromatic N) is 1. The zero-order chi connectivity index (χ0) is 30.0. The predicted molar refractivity (Wildman–Crippen MR) is 157 cm³/mol. The Balaban J connectivity index is 1.41. The fraction of sp³-hybridized carbons (Fsp3) is 0.0333. The number of fused-ring (bicyclic) bond motifs is 1. The molecule has 0 fully saturated rings. The van der Waals surface area contributed by atoms with E-state index in [1.54, 1.807) is 54.6 Å². The van der Waals surface area contributed by atoms with Crippen molar-refractivity contribution in [2.75, 3.05) is 0 Å². The van der Waals surface area contributed by atoms with Crippen LogP contribution in [0.3, 0.4) is 0 Å². The number of aromatic nitrogens is 1. The molecule has 0 unspecified atom stereocenters. The van der Waals surface area contributed by atoms with Gasteiger partial charge in [-0.2, -0.15) is 18.3 Å². The van der Waals surface area contributed by atoms with Crippen LogP contribution < -0.4 is 10.2 Å².